The molecule has 0 aliphatic carbocycles. The molecule has 0 amide bonds. The zero-order chi connectivity index (χ0) is 9.84. The number of halogens is 1. The second kappa shape index (κ2) is 4.42. The molecule has 0 aliphatic heterocycles. The van der Waals surface area contributed by atoms with Gasteiger partial charge in [-0.25, -0.2) is 0 Å². The lowest BCUT2D eigenvalue weighted by Gasteiger charge is -2.17. The highest BCUT2D eigenvalue weighted by Crippen LogP contribution is 2.26. The predicted molar refractivity (Wildman–Crippen MR) is 52.2 cm³/mol. The molecule has 0 saturated heterocycles. The number of aliphatic carboxylic acids is 1. The number of carbonyl (C=O) groups excluding carboxylic acids is 1. The van der Waals surface area contributed by atoms with Crippen LogP contribution in [-0.4, -0.2) is 5.97 Å². The first-order valence-electron chi connectivity index (χ1n) is 4.12. The fourth-order valence-corrected chi connectivity index (χ4v) is 1.83. The third kappa shape index (κ3) is 2.31. The van der Waals surface area contributed by atoms with Crippen molar-refractivity contribution in [2.24, 2.45) is 0 Å². The minimum absolute atomic E-state index is 0.518. The van der Waals surface area contributed by atoms with E-state index in [2.05, 4.69) is 15.9 Å². The Bertz CT molecular complexity index is 310. The fraction of sp³-hybridized carbons (Fsp3) is 0.300. The van der Waals surface area contributed by atoms with Gasteiger partial charge in [0.05, 0.1) is 0 Å². The van der Waals surface area contributed by atoms with Crippen LogP contribution in [-0.2, 0) is 4.79 Å². The highest BCUT2D eigenvalue weighted by Gasteiger charge is 2.12. The number of carboxylic acid groups (broad SMARTS) is 1. The van der Waals surface area contributed by atoms with Crippen LogP contribution in [0.3, 0.4) is 0 Å². The summed E-state index contributed by atoms with van der Waals surface area (Å²) in [4.78, 5) is 10.8. The van der Waals surface area contributed by atoms with Crippen LogP contribution in [0.2, 0.25) is 0 Å². The van der Waals surface area contributed by atoms with Gasteiger partial charge in [-0.05, 0) is 18.1 Å². The van der Waals surface area contributed by atoms with Crippen molar-refractivity contribution in [1.82, 2.24) is 0 Å². The van der Waals surface area contributed by atoms with Gasteiger partial charge in [0.1, 0.15) is 0 Å². The highest BCUT2D eigenvalue weighted by molar-refractivity contribution is 9.10. The number of carboxylic acids is 1. The maximum Gasteiger partial charge on any atom is 0.0489 e. The molecule has 0 heterocycles. The van der Waals surface area contributed by atoms with E-state index in [1.807, 2.05) is 25.1 Å². The molecule has 0 saturated carbocycles. The first kappa shape index (κ1) is 10.3. The van der Waals surface area contributed by atoms with E-state index in [1.54, 1.807) is 6.07 Å². The Kier molecular flexibility index (Phi) is 3.48. The molecular formula is C10H10BrO2-. The van der Waals surface area contributed by atoms with Crippen molar-refractivity contribution < 1.29 is 9.90 Å². The highest BCUT2D eigenvalue weighted by atomic mass is 79.9. The summed E-state index contributed by atoms with van der Waals surface area (Å²) in [5.74, 6) is -1.54. The molecule has 13 heavy (non-hydrogen) atoms. The molecule has 0 aliphatic rings. The first-order chi connectivity index (χ1) is 6.16. The van der Waals surface area contributed by atoms with Gasteiger partial charge in [-0.1, -0.05) is 41.1 Å². The first-order valence-corrected chi connectivity index (χ1v) is 4.91. The third-order valence-electron chi connectivity index (χ3n) is 1.97. The van der Waals surface area contributed by atoms with E-state index >= 15 is 0 Å². The van der Waals surface area contributed by atoms with Crippen LogP contribution in [0, 0.1) is 0 Å². The SMILES string of the molecule is CCC(C(=O)[O-])c1ccccc1Br. The molecule has 3 heteroatoms. The zero-order valence-corrected chi connectivity index (χ0v) is 8.87. The van der Waals surface area contributed by atoms with Crippen LogP contribution in [0.25, 0.3) is 0 Å². The van der Waals surface area contributed by atoms with Gasteiger partial charge < -0.3 is 9.90 Å². The molecule has 70 valence electrons. The Morgan fingerprint density at radius 3 is 2.62 bits per heavy atom. The van der Waals surface area contributed by atoms with Gasteiger partial charge in [-0.2, -0.15) is 0 Å². The van der Waals surface area contributed by atoms with E-state index in [-0.39, 0.29) is 0 Å². The molecule has 1 atom stereocenters. The maximum absolute atomic E-state index is 10.8. The summed E-state index contributed by atoms with van der Waals surface area (Å²) in [6.07, 6.45) is 0.547. The average Bonchev–Trinajstić information content (AvgIpc) is 2.09. The van der Waals surface area contributed by atoms with Gasteiger partial charge in [-0.3, -0.25) is 0 Å². The largest absolute Gasteiger partial charge is 0.549 e. The smallest absolute Gasteiger partial charge is 0.0489 e. The summed E-state index contributed by atoms with van der Waals surface area (Å²) in [5, 5.41) is 10.8. The fourth-order valence-electron chi connectivity index (χ4n) is 1.27. The van der Waals surface area contributed by atoms with E-state index < -0.39 is 11.9 Å². The Morgan fingerprint density at radius 1 is 1.54 bits per heavy atom. The normalized spacial score (nSPS) is 12.5. The molecule has 0 radical (unpaired) electrons. The molecule has 1 unspecified atom stereocenters. The standard InChI is InChI=1S/C10H11BrO2/c1-2-7(10(12)13)8-5-3-4-6-9(8)11/h3-7H,2H2,1H3,(H,12,13)/p-1. The van der Waals surface area contributed by atoms with Crippen molar-refractivity contribution in [2.45, 2.75) is 19.3 Å². The summed E-state index contributed by atoms with van der Waals surface area (Å²) in [6, 6.07) is 7.32. The Labute approximate surface area is 85.7 Å². The van der Waals surface area contributed by atoms with Crippen LogP contribution < -0.4 is 5.11 Å². The Morgan fingerprint density at radius 2 is 2.15 bits per heavy atom. The van der Waals surface area contributed by atoms with Gasteiger partial charge in [-0.15, -0.1) is 0 Å². The van der Waals surface area contributed by atoms with E-state index in [9.17, 15) is 9.90 Å². The molecule has 0 spiro atoms. The second-order valence-electron chi connectivity index (χ2n) is 2.80. The lowest BCUT2D eigenvalue weighted by molar-refractivity contribution is -0.308. The number of carbonyl (C=O) groups is 1. The number of rotatable bonds is 3. The number of hydrogen-bond acceptors (Lipinski definition) is 2. The van der Waals surface area contributed by atoms with Crippen molar-refractivity contribution >= 4 is 21.9 Å². The molecule has 0 bridgehead atoms. The van der Waals surface area contributed by atoms with E-state index in [4.69, 9.17) is 0 Å². The minimum Gasteiger partial charge on any atom is -0.549 e. The second-order valence-corrected chi connectivity index (χ2v) is 3.66. The monoisotopic (exact) mass is 241 g/mol. The van der Waals surface area contributed by atoms with E-state index in [0.717, 1.165) is 10.0 Å². The third-order valence-corrected chi connectivity index (χ3v) is 2.70. The molecule has 0 N–H and O–H groups in total. The van der Waals surface area contributed by atoms with Gasteiger partial charge in [0.2, 0.25) is 0 Å². The lowest BCUT2D eigenvalue weighted by Crippen LogP contribution is -2.29. The quantitative estimate of drug-likeness (QED) is 0.809. The van der Waals surface area contributed by atoms with Crippen LogP contribution in [0.15, 0.2) is 28.7 Å². The summed E-state index contributed by atoms with van der Waals surface area (Å²) in [7, 11) is 0. The predicted octanol–water partition coefficient (Wildman–Crippen LogP) is 1.69. The summed E-state index contributed by atoms with van der Waals surface area (Å²) in [5.41, 5.74) is 0.782. The molecule has 1 rings (SSSR count). The molecular weight excluding hydrogens is 232 g/mol. The van der Waals surface area contributed by atoms with Crippen molar-refractivity contribution in [2.75, 3.05) is 0 Å². The minimum atomic E-state index is -1.02. The van der Waals surface area contributed by atoms with Gasteiger partial charge in [0, 0.05) is 16.4 Å². The number of benzene rings is 1. The molecule has 0 fully saturated rings. The zero-order valence-electron chi connectivity index (χ0n) is 7.29. The average molecular weight is 242 g/mol. The van der Waals surface area contributed by atoms with Crippen LogP contribution in [0.1, 0.15) is 24.8 Å². The van der Waals surface area contributed by atoms with Crippen LogP contribution >= 0.6 is 15.9 Å². The summed E-state index contributed by atoms with van der Waals surface area (Å²) in [6.45, 7) is 1.83. The number of hydrogen-bond donors (Lipinski definition) is 0. The van der Waals surface area contributed by atoms with E-state index in [1.165, 1.54) is 0 Å². The van der Waals surface area contributed by atoms with Gasteiger partial charge in [0.25, 0.3) is 0 Å². The van der Waals surface area contributed by atoms with Gasteiger partial charge in [0.15, 0.2) is 0 Å². The van der Waals surface area contributed by atoms with Crippen molar-refractivity contribution in [1.29, 1.82) is 0 Å². The molecule has 1 aromatic rings. The Balaban J connectivity index is 3.04. The van der Waals surface area contributed by atoms with Crippen molar-refractivity contribution in [3.8, 4) is 0 Å². The molecule has 2 nitrogen and oxygen atoms in total. The van der Waals surface area contributed by atoms with Crippen LogP contribution in [0.5, 0.6) is 0 Å². The van der Waals surface area contributed by atoms with E-state index in [0.29, 0.717) is 6.42 Å². The van der Waals surface area contributed by atoms with Crippen molar-refractivity contribution in [3.63, 3.8) is 0 Å². The topological polar surface area (TPSA) is 40.1 Å². The van der Waals surface area contributed by atoms with Crippen LogP contribution in [0.4, 0.5) is 0 Å². The molecule has 1 aromatic carbocycles. The molecule has 0 aromatic heterocycles. The summed E-state index contributed by atoms with van der Waals surface area (Å²) >= 11 is 3.31. The maximum atomic E-state index is 10.8. The Hall–Kier alpha value is -0.830. The lowest BCUT2D eigenvalue weighted by atomic mass is 9.97. The van der Waals surface area contributed by atoms with Crippen molar-refractivity contribution in [3.05, 3.63) is 34.3 Å². The van der Waals surface area contributed by atoms with Gasteiger partial charge >= 0.3 is 0 Å². The summed E-state index contributed by atoms with van der Waals surface area (Å²) < 4.78 is 0.825.